The van der Waals surface area contributed by atoms with Crippen molar-refractivity contribution < 1.29 is 8.42 Å². The molecule has 2 aliphatic rings. The van der Waals surface area contributed by atoms with Crippen molar-refractivity contribution in [2.45, 2.75) is 24.8 Å². The highest BCUT2D eigenvalue weighted by Crippen LogP contribution is 2.29. The molecule has 4 rings (SSSR count). The van der Waals surface area contributed by atoms with Gasteiger partial charge < -0.3 is 15.2 Å². The molecule has 0 fully saturated rings. The van der Waals surface area contributed by atoms with Crippen LogP contribution in [0.1, 0.15) is 12.5 Å². The van der Waals surface area contributed by atoms with E-state index in [0.29, 0.717) is 23.0 Å². The van der Waals surface area contributed by atoms with Crippen LogP contribution in [0.25, 0.3) is 0 Å². The van der Waals surface area contributed by atoms with Gasteiger partial charge in [0.1, 0.15) is 5.82 Å². The van der Waals surface area contributed by atoms with Crippen molar-refractivity contribution >= 4 is 27.5 Å². The predicted octanol–water partition coefficient (Wildman–Crippen LogP) is 2.42. The van der Waals surface area contributed by atoms with Gasteiger partial charge in [0.15, 0.2) is 0 Å². The van der Waals surface area contributed by atoms with Gasteiger partial charge in [-0.25, -0.2) is 23.5 Å². The van der Waals surface area contributed by atoms with E-state index in [9.17, 15) is 8.42 Å². The van der Waals surface area contributed by atoms with Crippen LogP contribution in [0.4, 0.5) is 17.5 Å². The molecule has 1 atom stereocenters. The van der Waals surface area contributed by atoms with Crippen LogP contribution in [0.5, 0.6) is 0 Å². The van der Waals surface area contributed by atoms with Crippen LogP contribution in [0, 0.1) is 6.92 Å². The zero-order chi connectivity index (χ0) is 23.0. The third kappa shape index (κ3) is 4.12. The first-order valence-electron chi connectivity index (χ1n) is 10.2. The Morgan fingerprint density at radius 3 is 2.75 bits per heavy atom. The highest BCUT2D eigenvalue weighted by molar-refractivity contribution is 7.89. The molecule has 32 heavy (non-hydrogen) atoms. The van der Waals surface area contributed by atoms with Crippen LogP contribution in [0.3, 0.4) is 0 Å². The number of hydrogen-bond donors (Lipinski definition) is 3. The van der Waals surface area contributed by atoms with Crippen LogP contribution >= 0.6 is 0 Å². The number of aryl methyl sites for hydroxylation is 1. The van der Waals surface area contributed by atoms with Crippen LogP contribution in [0.15, 0.2) is 70.6 Å². The predicted molar refractivity (Wildman–Crippen MR) is 126 cm³/mol. The quantitative estimate of drug-likeness (QED) is 0.613. The molecule has 0 amide bonds. The number of likely N-dealkylation sites (N-methyl/N-ethyl adjacent to an activating group) is 1. The van der Waals surface area contributed by atoms with Gasteiger partial charge in [-0.1, -0.05) is 12.1 Å². The van der Waals surface area contributed by atoms with Crippen molar-refractivity contribution in [3.8, 4) is 0 Å². The Labute approximate surface area is 188 Å². The minimum atomic E-state index is -3.56. The van der Waals surface area contributed by atoms with E-state index in [1.54, 1.807) is 31.3 Å². The fourth-order valence-corrected chi connectivity index (χ4v) is 4.67. The van der Waals surface area contributed by atoms with Crippen molar-refractivity contribution in [2.24, 2.45) is 0 Å². The van der Waals surface area contributed by atoms with Crippen LogP contribution < -0.4 is 20.4 Å². The van der Waals surface area contributed by atoms with Crippen LogP contribution in [-0.4, -0.2) is 50.6 Å². The minimum absolute atomic E-state index is 0.185. The highest BCUT2D eigenvalue weighted by Gasteiger charge is 2.26. The van der Waals surface area contributed by atoms with Crippen molar-refractivity contribution in [3.63, 3.8) is 0 Å². The molecule has 9 nitrogen and oxygen atoms in total. The second-order valence-electron chi connectivity index (χ2n) is 7.75. The lowest BCUT2D eigenvalue weighted by Crippen LogP contribution is -2.34. The molecular formula is C22H27N7O2S. The van der Waals surface area contributed by atoms with Gasteiger partial charge in [0.2, 0.25) is 16.0 Å². The van der Waals surface area contributed by atoms with Gasteiger partial charge in [0.25, 0.3) is 0 Å². The molecule has 0 spiro atoms. The van der Waals surface area contributed by atoms with Gasteiger partial charge in [-0.2, -0.15) is 4.98 Å². The summed E-state index contributed by atoms with van der Waals surface area (Å²) in [6.07, 6.45) is 8.02. The first kappa shape index (κ1) is 22.0. The first-order valence-corrected chi connectivity index (χ1v) is 11.7. The molecule has 3 N–H and O–H groups in total. The zero-order valence-electron chi connectivity index (χ0n) is 18.7. The monoisotopic (exact) mass is 453 g/mol. The lowest BCUT2D eigenvalue weighted by Gasteiger charge is -2.24. The number of rotatable bonds is 6. The Hall–Kier alpha value is -3.21. The van der Waals surface area contributed by atoms with Crippen LogP contribution in [-0.2, 0) is 10.0 Å². The molecule has 2 aromatic rings. The summed E-state index contributed by atoms with van der Waals surface area (Å²) in [4.78, 5) is 11.1. The van der Waals surface area contributed by atoms with Crippen molar-refractivity contribution in [1.82, 2.24) is 25.1 Å². The average Bonchev–Trinajstić information content (AvgIpc) is 3.07. The van der Waals surface area contributed by atoms with Crippen molar-refractivity contribution in [1.29, 1.82) is 0 Å². The number of aromatic nitrogens is 2. The summed E-state index contributed by atoms with van der Waals surface area (Å²) in [7, 11) is 1.79. The maximum Gasteiger partial charge on any atom is 0.240 e. The van der Waals surface area contributed by atoms with E-state index in [2.05, 4.69) is 50.6 Å². The standard InChI is InChI=1S/C22H27N7O2S/c1-14-6-7-16(12-20(14)32(30,31)23-3)25-22-24-11-10-21(26-22)28(4)17-8-9-19-18(13-17)15(2)29(5)27-19/h6-13,19,23,27H,1-5H3,(H,24,25,26). The number of nitrogens with zero attached hydrogens (tertiary/aromatic N) is 4. The number of sulfonamides is 1. The topological polar surface area (TPSA) is 102 Å². The van der Waals surface area contributed by atoms with Gasteiger partial charge >= 0.3 is 0 Å². The Morgan fingerprint density at radius 1 is 1.22 bits per heavy atom. The summed E-state index contributed by atoms with van der Waals surface area (Å²) in [5.74, 6) is 1.09. The number of nitrogens with one attached hydrogen (secondary N) is 3. The maximum absolute atomic E-state index is 12.3. The van der Waals surface area contributed by atoms with E-state index in [4.69, 9.17) is 0 Å². The lowest BCUT2D eigenvalue weighted by molar-refractivity contribution is 0.325. The first-order chi connectivity index (χ1) is 15.2. The smallest absolute Gasteiger partial charge is 0.240 e. The van der Waals surface area contributed by atoms with Gasteiger partial charge in [0, 0.05) is 37.4 Å². The Balaban J connectivity index is 1.59. The molecular weight excluding hydrogens is 426 g/mol. The normalized spacial score (nSPS) is 18.0. The SMILES string of the molecule is CNS(=O)(=O)c1cc(Nc2nccc(N(C)C3=CC4=C(C)N(C)NC4C=C3)n2)ccc1C. The molecule has 1 aromatic heterocycles. The molecule has 1 aromatic carbocycles. The van der Waals surface area contributed by atoms with E-state index in [1.165, 1.54) is 18.3 Å². The molecule has 1 aliphatic heterocycles. The Morgan fingerprint density at radius 2 is 2.00 bits per heavy atom. The Bertz CT molecular complexity index is 1250. The largest absolute Gasteiger partial charge is 0.329 e. The van der Waals surface area contributed by atoms with E-state index >= 15 is 0 Å². The van der Waals surface area contributed by atoms with Crippen molar-refractivity contribution in [3.05, 3.63) is 71.2 Å². The third-order valence-electron chi connectivity index (χ3n) is 5.73. The molecule has 2 heterocycles. The van der Waals surface area contributed by atoms with Crippen molar-refractivity contribution in [2.75, 3.05) is 31.4 Å². The number of allylic oxidation sites excluding steroid dienone is 2. The lowest BCUT2D eigenvalue weighted by atomic mass is 10.00. The number of hydrazine groups is 1. The van der Waals surface area contributed by atoms with Crippen LogP contribution in [0.2, 0.25) is 0 Å². The number of fused-ring (bicyclic) bond motifs is 1. The number of benzene rings is 1. The maximum atomic E-state index is 12.3. The van der Waals surface area contributed by atoms with Gasteiger partial charge in [-0.15, -0.1) is 0 Å². The van der Waals surface area contributed by atoms with Gasteiger partial charge in [-0.3, -0.25) is 0 Å². The minimum Gasteiger partial charge on any atom is -0.329 e. The molecule has 0 saturated heterocycles. The van der Waals surface area contributed by atoms with Gasteiger partial charge in [-0.05, 0) is 62.4 Å². The second kappa shape index (κ2) is 8.38. The summed E-state index contributed by atoms with van der Waals surface area (Å²) in [6, 6.07) is 7.14. The molecule has 10 heteroatoms. The molecule has 1 aliphatic carbocycles. The summed E-state index contributed by atoms with van der Waals surface area (Å²) in [6.45, 7) is 3.84. The highest BCUT2D eigenvalue weighted by atomic mass is 32.2. The molecule has 0 saturated carbocycles. The number of anilines is 3. The molecule has 0 radical (unpaired) electrons. The summed E-state index contributed by atoms with van der Waals surface area (Å²) >= 11 is 0. The third-order valence-corrected chi connectivity index (χ3v) is 7.28. The average molecular weight is 454 g/mol. The molecule has 1 unspecified atom stereocenters. The van der Waals surface area contributed by atoms with E-state index in [-0.39, 0.29) is 10.9 Å². The Kier molecular flexibility index (Phi) is 5.76. The van der Waals surface area contributed by atoms with E-state index in [0.717, 1.165) is 5.70 Å². The second-order valence-corrected chi connectivity index (χ2v) is 9.60. The van der Waals surface area contributed by atoms with E-state index < -0.39 is 10.0 Å². The summed E-state index contributed by atoms with van der Waals surface area (Å²) in [5.41, 5.74) is 8.05. The zero-order valence-corrected chi connectivity index (χ0v) is 19.5. The fraction of sp³-hybridized carbons (Fsp3) is 0.273. The number of hydrogen-bond acceptors (Lipinski definition) is 8. The van der Waals surface area contributed by atoms with E-state index in [1.807, 2.05) is 30.1 Å². The fourth-order valence-electron chi connectivity index (χ4n) is 3.68. The molecule has 0 bridgehead atoms. The summed E-state index contributed by atoms with van der Waals surface area (Å²) < 4.78 is 26.9. The summed E-state index contributed by atoms with van der Waals surface area (Å²) in [5, 5.41) is 5.14. The molecule has 168 valence electrons. The van der Waals surface area contributed by atoms with Gasteiger partial charge in [0.05, 0.1) is 10.9 Å².